The summed E-state index contributed by atoms with van der Waals surface area (Å²) in [5.74, 6) is 1.71. The third-order valence-corrected chi connectivity index (χ3v) is 9.12. The largest absolute Gasteiger partial charge is 0.359 e. The van der Waals surface area contributed by atoms with E-state index in [1.165, 1.54) is 50.8 Å². The van der Waals surface area contributed by atoms with Crippen LogP contribution in [0.3, 0.4) is 0 Å². The molecule has 9 nitrogen and oxygen atoms in total. The highest BCUT2D eigenvalue weighted by Crippen LogP contribution is 2.55. The van der Waals surface area contributed by atoms with Crippen molar-refractivity contribution in [1.82, 2.24) is 25.0 Å². The van der Waals surface area contributed by atoms with Crippen molar-refractivity contribution in [2.75, 3.05) is 56.1 Å². The summed E-state index contributed by atoms with van der Waals surface area (Å²) in [4.78, 5) is 30.2. The van der Waals surface area contributed by atoms with Gasteiger partial charge in [-0.15, -0.1) is 5.10 Å². The van der Waals surface area contributed by atoms with Crippen LogP contribution in [0, 0.1) is 18.3 Å². The Balaban J connectivity index is 1.00. The van der Waals surface area contributed by atoms with Crippen LogP contribution in [0.25, 0.3) is 10.9 Å². The maximum Gasteiger partial charge on any atom is 0.221 e. The molecule has 3 aliphatic rings. The van der Waals surface area contributed by atoms with Gasteiger partial charge in [-0.25, -0.2) is 0 Å². The summed E-state index contributed by atoms with van der Waals surface area (Å²) in [5.41, 5.74) is 3.47. The number of fused-ring (bicyclic) bond motifs is 1. The monoisotopic (exact) mass is 529 g/mol. The van der Waals surface area contributed by atoms with Gasteiger partial charge >= 0.3 is 0 Å². The Morgan fingerprint density at radius 2 is 1.92 bits per heavy atom. The van der Waals surface area contributed by atoms with Crippen molar-refractivity contribution in [3.05, 3.63) is 48.3 Å². The van der Waals surface area contributed by atoms with Crippen molar-refractivity contribution >= 4 is 34.7 Å². The van der Waals surface area contributed by atoms with Crippen LogP contribution in [-0.2, 0) is 9.59 Å². The standard InChI is InChI=1S/C30H39N7O2/c1-22-6-7-28(33-32-22)35-12-8-23(9-13-35)18-34-19-30(20-34)16-24(17-30)37-15-10-25-26(4-3-5-27(25)37)36(21-38)14-11-29(39)31-2/h3-7,10,15,21,23-24H,8-9,11-14,16-20H2,1-2H3,(H,31,39). The maximum atomic E-state index is 11.8. The Morgan fingerprint density at radius 1 is 1.13 bits per heavy atom. The van der Waals surface area contributed by atoms with Gasteiger partial charge in [-0.1, -0.05) is 6.07 Å². The van der Waals surface area contributed by atoms with E-state index < -0.39 is 0 Å². The number of carbonyl (C=O) groups excluding carboxylic acids is 2. The Hall–Kier alpha value is -3.46. The predicted octanol–water partition coefficient (Wildman–Crippen LogP) is 3.39. The fourth-order valence-corrected chi connectivity index (χ4v) is 7.01. The lowest BCUT2D eigenvalue weighted by molar-refractivity contribution is -0.120. The number of benzene rings is 1. The molecule has 0 bridgehead atoms. The molecular weight excluding hydrogens is 490 g/mol. The second-order valence-corrected chi connectivity index (χ2v) is 11.8. The van der Waals surface area contributed by atoms with Gasteiger partial charge in [0.15, 0.2) is 5.82 Å². The van der Waals surface area contributed by atoms with E-state index in [0.29, 0.717) is 18.0 Å². The summed E-state index contributed by atoms with van der Waals surface area (Å²) in [6, 6.07) is 12.9. The molecule has 3 fully saturated rings. The number of anilines is 2. The van der Waals surface area contributed by atoms with Gasteiger partial charge < -0.3 is 24.6 Å². The van der Waals surface area contributed by atoms with Crippen LogP contribution < -0.4 is 15.1 Å². The Bertz CT molecular complexity index is 1310. The summed E-state index contributed by atoms with van der Waals surface area (Å²) in [6.45, 7) is 8.14. The summed E-state index contributed by atoms with van der Waals surface area (Å²) in [5, 5.41) is 12.3. The number of rotatable bonds is 9. The van der Waals surface area contributed by atoms with Crippen LogP contribution in [0.2, 0.25) is 0 Å². The molecule has 0 unspecified atom stereocenters. The average molecular weight is 530 g/mol. The van der Waals surface area contributed by atoms with Crippen LogP contribution >= 0.6 is 0 Å². The number of hydrogen-bond acceptors (Lipinski definition) is 6. The van der Waals surface area contributed by atoms with Crippen molar-refractivity contribution in [2.45, 2.75) is 45.1 Å². The Morgan fingerprint density at radius 3 is 2.62 bits per heavy atom. The number of carbonyl (C=O) groups is 2. The molecular formula is C30H39N7O2. The second-order valence-electron chi connectivity index (χ2n) is 11.8. The van der Waals surface area contributed by atoms with Crippen molar-refractivity contribution in [3.8, 4) is 0 Å². The van der Waals surface area contributed by atoms with E-state index in [1.807, 2.05) is 25.1 Å². The van der Waals surface area contributed by atoms with Crippen LogP contribution in [0.5, 0.6) is 0 Å². The second kappa shape index (κ2) is 10.6. The molecule has 1 saturated carbocycles. The maximum absolute atomic E-state index is 11.8. The van der Waals surface area contributed by atoms with Gasteiger partial charge in [0.2, 0.25) is 12.3 Å². The van der Waals surface area contributed by atoms with Gasteiger partial charge in [0.25, 0.3) is 0 Å². The van der Waals surface area contributed by atoms with Crippen LogP contribution in [-0.4, -0.2) is 78.3 Å². The fourth-order valence-electron chi connectivity index (χ4n) is 7.01. The molecule has 206 valence electrons. The van der Waals surface area contributed by atoms with Crippen molar-refractivity contribution in [1.29, 1.82) is 0 Å². The van der Waals surface area contributed by atoms with Gasteiger partial charge in [-0.2, -0.15) is 5.10 Å². The summed E-state index contributed by atoms with van der Waals surface area (Å²) in [7, 11) is 1.62. The van der Waals surface area contributed by atoms with Gasteiger partial charge in [0.1, 0.15) is 0 Å². The normalized spacial score (nSPS) is 19.6. The smallest absolute Gasteiger partial charge is 0.221 e. The number of nitrogens with zero attached hydrogens (tertiary/aromatic N) is 6. The molecule has 39 heavy (non-hydrogen) atoms. The molecule has 2 saturated heterocycles. The van der Waals surface area contributed by atoms with Gasteiger partial charge in [0, 0.05) is 70.4 Å². The van der Waals surface area contributed by atoms with Crippen molar-refractivity contribution in [3.63, 3.8) is 0 Å². The topological polar surface area (TPSA) is 86.6 Å². The van der Waals surface area contributed by atoms with Crippen LogP contribution in [0.4, 0.5) is 11.5 Å². The molecule has 3 aromatic rings. The number of likely N-dealkylation sites (tertiary alicyclic amines) is 1. The van der Waals surface area contributed by atoms with Crippen LogP contribution in [0.15, 0.2) is 42.6 Å². The number of nitrogens with one attached hydrogen (secondary N) is 1. The van der Waals surface area contributed by atoms with Gasteiger partial charge in [-0.3, -0.25) is 9.59 Å². The molecule has 9 heteroatoms. The summed E-state index contributed by atoms with van der Waals surface area (Å²) < 4.78 is 2.40. The highest BCUT2D eigenvalue weighted by atomic mass is 16.2. The first-order chi connectivity index (χ1) is 19.0. The van der Waals surface area contributed by atoms with E-state index in [9.17, 15) is 9.59 Å². The van der Waals surface area contributed by atoms with Crippen LogP contribution in [0.1, 0.15) is 43.8 Å². The van der Waals surface area contributed by atoms with E-state index in [-0.39, 0.29) is 12.3 Å². The van der Waals surface area contributed by atoms with E-state index in [1.54, 1.807) is 11.9 Å². The molecule has 2 amide bonds. The minimum absolute atomic E-state index is 0.0662. The first kappa shape index (κ1) is 25.8. The number of hydrogen-bond donors (Lipinski definition) is 1. The first-order valence-electron chi connectivity index (χ1n) is 14.3. The zero-order valence-corrected chi connectivity index (χ0v) is 23.1. The predicted molar refractivity (Wildman–Crippen MR) is 153 cm³/mol. The minimum Gasteiger partial charge on any atom is -0.359 e. The summed E-state index contributed by atoms with van der Waals surface area (Å²) >= 11 is 0. The zero-order valence-electron chi connectivity index (χ0n) is 23.1. The van der Waals surface area contributed by atoms with E-state index >= 15 is 0 Å². The molecule has 1 spiro atoms. The zero-order chi connectivity index (χ0) is 27.0. The number of aryl methyl sites for hydroxylation is 1. The lowest BCUT2D eigenvalue weighted by Gasteiger charge is -2.60. The Labute approximate surface area is 230 Å². The molecule has 1 N–H and O–H groups in total. The number of aromatic nitrogens is 3. The minimum atomic E-state index is -0.0662. The summed E-state index contributed by atoms with van der Waals surface area (Å²) in [6.07, 6.45) is 8.17. The lowest BCUT2D eigenvalue weighted by Crippen LogP contribution is -2.63. The molecule has 0 atom stereocenters. The van der Waals surface area contributed by atoms with Gasteiger partial charge in [-0.05, 0) is 74.3 Å². The number of piperidine rings is 1. The molecule has 0 radical (unpaired) electrons. The van der Waals surface area contributed by atoms with Gasteiger partial charge in [0.05, 0.1) is 16.9 Å². The van der Waals surface area contributed by atoms with E-state index in [2.05, 4.69) is 54.3 Å². The number of amides is 2. The van der Waals surface area contributed by atoms with Crippen molar-refractivity contribution < 1.29 is 9.59 Å². The first-order valence-corrected chi connectivity index (χ1v) is 14.3. The molecule has 1 aliphatic carbocycles. The molecule has 2 aliphatic heterocycles. The molecule has 4 heterocycles. The fraction of sp³-hybridized carbons (Fsp3) is 0.533. The van der Waals surface area contributed by atoms with E-state index in [4.69, 9.17) is 0 Å². The van der Waals surface area contributed by atoms with Crippen molar-refractivity contribution in [2.24, 2.45) is 11.3 Å². The third-order valence-electron chi connectivity index (χ3n) is 9.12. The van der Waals surface area contributed by atoms with E-state index in [0.717, 1.165) is 48.0 Å². The highest BCUT2D eigenvalue weighted by Gasteiger charge is 2.53. The lowest BCUT2D eigenvalue weighted by atomic mass is 9.60. The SMILES string of the molecule is CNC(=O)CCN(C=O)c1cccc2c1ccn2C1CC2(C1)CN(CC1CCN(c3ccc(C)nn3)CC1)C2. The molecule has 6 rings (SSSR count). The molecule has 1 aromatic carbocycles. The molecule has 2 aromatic heterocycles. The average Bonchev–Trinajstić information content (AvgIpc) is 3.34. The Kier molecular flexibility index (Phi) is 7.01. The highest BCUT2D eigenvalue weighted by molar-refractivity contribution is 5.97. The quantitative estimate of drug-likeness (QED) is 0.428. The third kappa shape index (κ3) is 5.12.